The molecule has 0 bridgehead atoms. The lowest BCUT2D eigenvalue weighted by molar-refractivity contribution is 0.427. The molecule has 1 aliphatic carbocycles. The highest BCUT2D eigenvalue weighted by molar-refractivity contribution is 7.89. The molecule has 23 heavy (non-hydrogen) atoms. The summed E-state index contributed by atoms with van der Waals surface area (Å²) in [5.74, 6) is 0.358. The molecule has 3 rings (SSSR count). The number of hydrogen-bond acceptors (Lipinski definition) is 4. The second kappa shape index (κ2) is 6.25. The van der Waals surface area contributed by atoms with Crippen molar-refractivity contribution in [3.05, 3.63) is 48.4 Å². The molecule has 1 fully saturated rings. The second-order valence-corrected chi connectivity index (χ2v) is 7.60. The predicted molar refractivity (Wildman–Crippen MR) is 83.3 cm³/mol. The molecule has 0 unspecified atom stereocenters. The minimum atomic E-state index is -3.68. The fourth-order valence-corrected chi connectivity index (χ4v) is 3.50. The monoisotopic (exact) mass is 336 g/mol. The van der Waals surface area contributed by atoms with E-state index in [1.165, 1.54) is 40.8 Å². The van der Waals surface area contributed by atoms with Gasteiger partial charge in [0.25, 0.3) is 0 Å². The number of ether oxygens (including phenoxy) is 1. The summed E-state index contributed by atoms with van der Waals surface area (Å²) in [6.07, 6.45) is 3.58. The topological polar surface area (TPSA) is 59.5 Å². The smallest absolute Gasteiger partial charge is 0.248 e. The lowest BCUT2D eigenvalue weighted by Gasteiger charge is -2.18. The number of hydrogen-bond donors (Lipinski definition) is 0. The van der Waals surface area contributed by atoms with Crippen LogP contribution < -0.4 is 4.74 Å². The third-order valence-corrected chi connectivity index (χ3v) is 5.50. The standard InChI is InChI=1S/C16H17FN2O3S/c1-19(11-12-4-5-12)23(20,21)15-3-2-10-18-16(15)22-14-8-6-13(17)7-9-14/h2-3,6-10,12H,4-5,11H2,1H3. The van der Waals surface area contributed by atoms with E-state index in [0.717, 1.165) is 12.8 Å². The fraction of sp³-hybridized carbons (Fsp3) is 0.312. The summed E-state index contributed by atoms with van der Waals surface area (Å²) in [6, 6.07) is 8.35. The molecule has 1 heterocycles. The largest absolute Gasteiger partial charge is 0.438 e. The molecule has 1 saturated carbocycles. The zero-order chi connectivity index (χ0) is 16.4. The first-order chi connectivity index (χ1) is 11.0. The van der Waals surface area contributed by atoms with Crippen LogP contribution in [0.4, 0.5) is 4.39 Å². The van der Waals surface area contributed by atoms with Crippen LogP contribution in [0.3, 0.4) is 0 Å². The Labute approximate surface area is 134 Å². The summed E-state index contributed by atoms with van der Waals surface area (Å²) >= 11 is 0. The molecule has 1 aliphatic rings. The van der Waals surface area contributed by atoms with Gasteiger partial charge in [0.2, 0.25) is 15.9 Å². The van der Waals surface area contributed by atoms with Crippen LogP contribution in [0.1, 0.15) is 12.8 Å². The summed E-state index contributed by atoms with van der Waals surface area (Å²) in [6.45, 7) is 0.493. The van der Waals surface area contributed by atoms with Gasteiger partial charge in [-0.25, -0.2) is 22.1 Å². The predicted octanol–water partition coefficient (Wildman–Crippen LogP) is 3.04. The molecule has 1 aromatic heterocycles. The van der Waals surface area contributed by atoms with Gasteiger partial charge in [-0.15, -0.1) is 0 Å². The van der Waals surface area contributed by atoms with Crippen LogP contribution in [-0.4, -0.2) is 31.3 Å². The molecule has 2 aromatic rings. The van der Waals surface area contributed by atoms with Gasteiger partial charge in [-0.05, 0) is 55.2 Å². The molecule has 0 aliphatic heterocycles. The number of nitrogens with zero attached hydrogens (tertiary/aromatic N) is 2. The van der Waals surface area contributed by atoms with E-state index in [1.54, 1.807) is 13.1 Å². The summed E-state index contributed by atoms with van der Waals surface area (Å²) in [5.41, 5.74) is 0. The average Bonchev–Trinajstić information content (AvgIpc) is 3.34. The van der Waals surface area contributed by atoms with Crippen molar-refractivity contribution in [2.24, 2.45) is 5.92 Å². The van der Waals surface area contributed by atoms with Crippen molar-refractivity contribution in [2.75, 3.05) is 13.6 Å². The highest BCUT2D eigenvalue weighted by Crippen LogP contribution is 2.33. The van der Waals surface area contributed by atoms with Crippen molar-refractivity contribution >= 4 is 10.0 Å². The zero-order valence-corrected chi connectivity index (χ0v) is 13.5. The SMILES string of the molecule is CN(CC1CC1)S(=O)(=O)c1cccnc1Oc1ccc(F)cc1. The Hall–Kier alpha value is -1.99. The number of aromatic nitrogens is 1. The van der Waals surface area contributed by atoms with Crippen molar-refractivity contribution in [2.45, 2.75) is 17.7 Å². The molecule has 1 aromatic carbocycles. The average molecular weight is 336 g/mol. The van der Waals surface area contributed by atoms with Crippen LogP contribution in [0.15, 0.2) is 47.5 Å². The van der Waals surface area contributed by atoms with Gasteiger partial charge in [0.1, 0.15) is 16.5 Å². The Morgan fingerprint density at radius 1 is 1.26 bits per heavy atom. The Morgan fingerprint density at radius 2 is 1.96 bits per heavy atom. The summed E-state index contributed by atoms with van der Waals surface area (Å²) in [4.78, 5) is 4.02. The first kappa shape index (κ1) is 15.9. The third-order valence-electron chi connectivity index (χ3n) is 3.66. The summed E-state index contributed by atoms with van der Waals surface area (Å²) < 4.78 is 45.2. The minimum Gasteiger partial charge on any atom is -0.438 e. The van der Waals surface area contributed by atoms with Crippen LogP contribution in [0.5, 0.6) is 11.6 Å². The van der Waals surface area contributed by atoms with E-state index in [0.29, 0.717) is 18.2 Å². The van der Waals surface area contributed by atoms with Crippen LogP contribution in [-0.2, 0) is 10.0 Å². The Kier molecular flexibility index (Phi) is 4.32. The summed E-state index contributed by atoms with van der Waals surface area (Å²) in [7, 11) is -2.12. The molecular weight excluding hydrogens is 319 g/mol. The summed E-state index contributed by atoms with van der Waals surface area (Å²) in [5, 5.41) is 0. The first-order valence-corrected chi connectivity index (χ1v) is 8.75. The Bertz CT molecular complexity index is 789. The van der Waals surface area contributed by atoms with Gasteiger partial charge in [-0.2, -0.15) is 0 Å². The number of pyridine rings is 1. The number of sulfonamides is 1. The van der Waals surface area contributed by atoms with Crippen molar-refractivity contribution in [1.82, 2.24) is 9.29 Å². The molecule has 122 valence electrons. The van der Waals surface area contributed by atoms with Crippen LogP contribution in [0.2, 0.25) is 0 Å². The molecule has 7 heteroatoms. The number of halogens is 1. The van der Waals surface area contributed by atoms with Crippen LogP contribution in [0, 0.1) is 11.7 Å². The maximum atomic E-state index is 13.0. The molecule has 0 spiro atoms. The van der Waals surface area contributed by atoms with Gasteiger partial charge in [0, 0.05) is 19.8 Å². The molecule has 0 radical (unpaired) electrons. The maximum Gasteiger partial charge on any atom is 0.248 e. The normalized spacial score (nSPS) is 14.9. The van der Waals surface area contributed by atoms with E-state index < -0.39 is 15.8 Å². The molecule has 0 N–H and O–H groups in total. The highest BCUT2D eigenvalue weighted by Gasteiger charge is 2.31. The third kappa shape index (κ3) is 3.68. The van der Waals surface area contributed by atoms with E-state index in [4.69, 9.17) is 4.74 Å². The maximum absolute atomic E-state index is 13.0. The van der Waals surface area contributed by atoms with Gasteiger partial charge < -0.3 is 4.74 Å². The van der Waals surface area contributed by atoms with E-state index >= 15 is 0 Å². The van der Waals surface area contributed by atoms with Crippen molar-refractivity contribution in [3.8, 4) is 11.6 Å². The van der Waals surface area contributed by atoms with E-state index in [1.807, 2.05) is 0 Å². The van der Waals surface area contributed by atoms with Gasteiger partial charge in [-0.3, -0.25) is 0 Å². The van der Waals surface area contributed by atoms with Crippen molar-refractivity contribution < 1.29 is 17.5 Å². The Morgan fingerprint density at radius 3 is 2.61 bits per heavy atom. The minimum absolute atomic E-state index is 0.00692. The quantitative estimate of drug-likeness (QED) is 0.813. The lowest BCUT2D eigenvalue weighted by Crippen LogP contribution is -2.29. The zero-order valence-electron chi connectivity index (χ0n) is 12.6. The Balaban J connectivity index is 1.88. The number of benzene rings is 1. The van der Waals surface area contributed by atoms with Gasteiger partial charge in [0.05, 0.1) is 0 Å². The van der Waals surface area contributed by atoms with E-state index in [-0.39, 0.29) is 10.8 Å². The van der Waals surface area contributed by atoms with Crippen molar-refractivity contribution in [1.29, 1.82) is 0 Å². The van der Waals surface area contributed by atoms with Crippen molar-refractivity contribution in [3.63, 3.8) is 0 Å². The molecule has 0 amide bonds. The molecule has 5 nitrogen and oxygen atoms in total. The van der Waals surface area contributed by atoms with E-state index in [2.05, 4.69) is 4.98 Å². The molecule has 0 saturated heterocycles. The van der Waals surface area contributed by atoms with Gasteiger partial charge >= 0.3 is 0 Å². The van der Waals surface area contributed by atoms with Gasteiger partial charge in [0.15, 0.2) is 0 Å². The van der Waals surface area contributed by atoms with Gasteiger partial charge in [-0.1, -0.05) is 0 Å². The van der Waals surface area contributed by atoms with Crippen LogP contribution >= 0.6 is 0 Å². The lowest BCUT2D eigenvalue weighted by atomic mass is 10.3. The number of rotatable bonds is 6. The first-order valence-electron chi connectivity index (χ1n) is 7.31. The fourth-order valence-electron chi connectivity index (χ4n) is 2.19. The highest BCUT2D eigenvalue weighted by atomic mass is 32.2. The van der Waals surface area contributed by atoms with Crippen LogP contribution in [0.25, 0.3) is 0 Å². The molecular formula is C16H17FN2O3S. The molecule has 0 atom stereocenters. The van der Waals surface area contributed by atoms with E-state index in [9.17, 15) is 12.8 Å². The second-order valence-electron chi connectivity index (χ2n) is 5.59.